The van der Waals surface area contributed by atoms with Gasteiger partial charge >= 0.3 is 0 Å². The first-order chi connectivity index (χ1) is 9.47. The van der Waals surface area contributed by atoms with Crippen LogP contribution in [0.4, 0.5) is 17.6 Å². The van der Waals surface area contributed by atoms with E-state index in [1.165, 1.54) is 12.1 Å². The minimum absolute atomic E-state index is 0.188. The number of hydrogen-bond acceptors (Lipinski definition) is 1. The molecule has 0 heterocycles. The van der Waals surface area contributed by atoms with E-state index in [9.17, 15) is 17.6 Å². The maximum absolute atomic E-state index is 14.0. The molecule has 2 aromatic carbocycles. The Labute approximate surface area is 113 Å². The van der Waals surface area contributed by atoms with Crippen molar-refractivity contribution in [3.05, 3.63) is 53.1 Å². The molecular weight excluding hydrogens is 272 g/mol. The SMILES string of the molecule is CCCc1ccc(-c2ccc(O)c(F)c2F)c(F)c1F. The normalized spacial score (nSPS) is 10.8. The molecule has 0 saturated carbocycles. The Morgan fingerprint density at radius 3 is 1.95 bits per heavy atom. The van der Waals surface area contributed by atoms with Crippen molar-refractivity contribution < 1.29 is 22.7 Å². The molecule has 1 N–H and O–H groups in total. The number of halogens is 4. The molecule has 2 aromatic rings. The fourth-order valence-electron chi connectivity index (χ4n) is 2.01. The summed E-state index contributed by atoms with van der Waals surface area (Å²) < 4.78 is 54.7. The fraction of sp³-hybridized carbons (Fsp3) is 0.200. The minimum Gasteiger partial charge on any atom is -0.505 e. The Kier molecular flexibility index (Phi) is 3.97. The number of phenols is 1. The maximum Gasteiger partial charge on any atom is 0.200 e. The second-order valence-electron chi connectivity index (χ2n) is 4.41. The summed E-state index contributed by atoms with van der Waals surface area (Å²) in [5, 5.41) is 9.03. The highest BCUT2D eigenvalue weighted by Crippen LogP contribution is 2.32. The average molecular weight is 284 g/mol. The molecule has 0 radical (unpaired) electrons. The van der Waals surface area contributed by atoms with E-state index >= 15 is 0 Å². The van der Waals surface area contributed by atoms with Crippen molar-refractivity contribution in [3.63, 3.8) is 0 Å². The van der Waals surface area contributed by atoms with Gasteiger partial charge in [0.15, 0.2) is 23.2 Å². The molecule has 0 atom stereocenters. The van der Waals surface area contributed by atoms with E-state index in [2.05, 4.69) is 0 Å². The van der Waals surface area contributed by atoms with Crippen LogP contribution in [0.5, 0.6) is 5.75 Å². The molecular formula is C15H12F4O. The van der Waals surface area contributed by atoms with Gasteiger partial charge in [0.2, 0.25) is 5.82 Å². The molecule has 0 amide bonds. The molecule has 0 bridgehead atoms. The summed E-state index contributed by atoms with van der Waals surface area (Å²) in [6.45, 7) is 1.82. The molecule has 20 heavy (non-hydrogen) atoms. The summed E-state index contributed by atoms with van der Waals surface area (Å²) >= 11 is 0. The van der Waals surface area contributed by atoms with E-state index in [0.29, 0.717) is 12.8 Å². The first-order valence-electron chi connectivity index (χ1n) is 6.11. The van der Waals surface area contributed by atoms with Crippen molar-refractivity contribution in [2.45, 2.75) is 19.8 Å². The predicted octanol–water partition coefficient (Wildman–Crippen LogP) is 4.57. The molecule has 0 spiro atoms. The lowest BCUT2D eigenvalue weighted by atomic mass is 10.00. The van der Waals surface area contributed by atoms with Gasteiger partial charge in [-0.05, 0) is 24.1 Å². The minimum atomic E-state index is -1.49. The number of benzene rings is 2. The van der Waals surface area contributed by atoms with Gasteiger partial charge in [0.05, 0.1) is 0 Å². The third kappa shape index (κ3) is 2.35. The Balaban J connectivity index is 2.60. The zero-order valence-corrected chi connectivity index (χ0v) is 10.7. The van der Waals surface area contributed by atoms with Crippen molar-refractivity contribution >= 4 is 0 Å². The summed E-state index contributed by atoms with van der Waals surface area (Å²) in [4.78, 5) is 0. The van der Waals surface area contributed by atoms with Gasteiger partial charge in [0.1, 0.15) is 0 Å². The number of phenolic OH excluding ortho intramolecular Hbond substituents is 1. The van der Waals surface area contributed by atoms with Crippen LogP contribution in [0.1, 0.15) is 18.9 Å². The van der Waals surface area contributed by atoms with E-state index in [1.54, 1.807) is 0 Å². The van der Waals surface area contributed by atoms with Crippen LogP contribution in [0.15, 0.2) is 24.3 Å². The molecule has 0 aliphatic heterocycles. The molecule has 0 fully saturated rings. The molecule has 0 saturated heterocycles. The summed E-state index contributed by atoms with van der Waals surface area (Å²) in [7, 11) is 0. The lowest BCUT2D eigenvalue weighted by Gasteiger charge is -2.10. The topological polar surface area (TPSA) is 20.2 Å². The Morgan fingerprint density at radius 1 is 0.800 bits per heavy atom. The number of hydrogen-bond donors (Lipinski definition) is 1. The summed E-state index contributed by atoms with van der Waals surface area (Å²) in [6.07, 6.45) is 0.993. The van der Waals surface area contributed by atoms with Crippen molar-refractivity contribution in [2.75, 3.05) is 0 Å². The van der Waals surface area contributed by atoms with Crippen molar-refractivity contribution in [3.8, 4) is 16.9 Å². The van der Waals surface area contributed by atoms with Crippen LogP contribution >= 0.6 is 0 Å². The van der Waals surface area contributed by atoms with E-state index < -0.39 is 34.6 Å². The quantitative estimate of drug-likeness (QED) is 0.819. The molecule has 0 aliphatic rings. The number of aromatic hydroxyl groups is 1. The molecule has 5 heteroatoms. The Bertz CT molecular complexity index is 653. The standard InChI is InChI=1S/C15H12F4O/c1-2-3-8-4-5-9(13(17)12(8)16)10-6-7-11(20)15(19)14(10)18/h4-7,20H,2-3H2,1H3. The molecule has 0 unspecified atom stereocenters. The van der Waals surface area contributed by atoms with Gasteiger partial charge in [-0.2, -0.15) is 4.39 Å². The molecule has 0 aromatic heterocycles. The van der Waals surface area contributed by atoms with Crippen LogP contribution in [-0.4, -0.2) is 5.11 Å². The lowest BCUT2D eigenvalue weighted by molar-refractivity contribution is 0.407. The highest BCUT2D eigenvalue weighted by atomic mass is 19.2. The molecule has 0 aliphatic carbocycles. The van der Waals surface area contributed by atoms with E-state index in [4.69, 9.17) is 5.11 Å². The predicted molar refractivity (Wildman–Crippen MR) is 67.4 cm³/mol. The van der Waals surface area contributed by atoms with E-state index in [-0.39, 0.29) is 11.1 Å². The van der Waals surface area contributed by atoms with Crippen LogP contribution in [0.2, 0.25) is 0 Å². The summed E-state index contributed by atoms with van der Waals surface area (Å²) in [6, 6.07) is 4.45. The second-order valence-corrected chi connectivity index (χ2v) is 4.41. The van der Waals surface area contributed by atoms with Crippen molar-refractivity contribution in [2.24, 2.45) is 0 Å². The average Bonchev–Trinajstić information content (AvgIpc) is 2.43. The van der Waals surface area contributed by atoms with Gasteiger partial charge in [-0.25, -0.2) is 13.2 Å². The maximum atomic E-state index is 14.0. The smallest absolute Gasteiger partial charge is 0.200 e. The highest BCUT2D eigenvalue weighted by Gasteiger charge is 2.20. The van der Waals surface area contributed by atoms with Gasteiger partial charge in [-0.15, -0.1) is 0 Å². The van der Waals surface area contributed by atoms with Crippen molar-refractivity contribution in [1.29, 1.82) is 0 Å². The number of aryl methyl sites for hydroxylation is 1. The highest BCUT2D eigenvalue weighted by molar-refractivity contribution is 5.66. The van der Waals surface area contributed by atoms with Crippen LogP contribution in [0, 0.1) is 23.3 Å². The summed E-state index contributed by atoms with van der Waals surface area (Å²) in [5.74, 6) is -6.06. The van der Waals surface area contributed by atoms with E-state index in [1.807, 2.05) is 6.92 Å². The zero-order valence-electron chi connectivity index (χ0n) is 10.7. The van der Waals surface area contributed by atoms with Gasteiger partial charge in [0, 0.05) is 11.1 Å². The van der Waals surface area contributed by atoms with E-state index in [0.717, 1.165) is 12.1 Å². The first-order valence-corrected chi connectivity index (χ1v) is 6.11. The van der Waals surface area contributed by atoms with Crippen LogP contribution in [-0.2, 0) is 6.42 Å². The lowest BCUT2D eigenvalue weighted by Crippen LogP contribution is -1.99. The van der Waals surface area contributed by atoms with Crippen LogP contribution in [0.25, 0.3) is 11.1 Å². The Morgan fingerprint density at radius 2 is 1.35 bits per heavy atom. The molecule has 2 rings (SSSR count). The third-order valence-electron chi connectivity index (χ3n) is 3.03. The molecule has 1 nitrogen and oxygen atoms in total. The van der Waals surface area contributed by atoms with Gasteiger partial charge in [-0.1, -0.05) is 25.5 Å². The Hall–Kier alpha value is -2.04. The number of rotatable bonds is 3. The fourth-order valence-corrected chi connectivity index (χ4v) is 2.01. The van der Waals surface area contributed by atoms with Gasteiger partial charge < -0.3 is 5.11 Å². The van der Waals surface area contributed by atoms with Crippen molar-refractivity contribution in [1.82, 2.24) is 0 Å². The third-order valence-corrected chi connectivity index (χ3v) is 3.03. The zero-order chi connectivity index (χ0) is 14.9. The van der Waals surface area contributed by atoms with Crippen LogP contribution in [0.3, 0.4) is 0 Å². The van der Waals surface area contributed by atoms with Gasteiger partial charge in [-0.3, -0.25) is 0 Å². The van der Waals surface area contributed by atoms with Crippen LogP contribution < -0.4 is 0 Å². The first kappa shape index (κ1) is 14.4. The molecule has 106 valence electrons. The van der Waals surface area contributed by atoms with Gasteiger partial charge in [0.25, 0.3) is 0 Å². The second kappa shape index (κ2) is 5.53. The largest absolute Gasteiger partial charge is 0.505 e. The summed E-state index contributed by atoms with van der Waals surface area (Å²) in [5.41, 5.74) is -0.619. The monoisotopic (exact) mass is 284 g/mol.